The number of carbonyl (C=O) groups excluding carboxylic acids is 2. The standard InChI is InChI=1S/C36H48N6O5S/c1-27-12-14-30(15-13-27)48(45,46)42-24-29(31-10-6-7-11-33(31)42)23-40-17-16-36(26-40,25-37-2)39-34(43)32(22-28-8-4-3-5-9-28)38-35(44)41-18-20-47-21-19-41/h6-7,10-15,24-25,28,32H,3-5,8-9,16-23,26H2,1-2H3,(H,38,44)(H,39,43). The van der Waals surface area contributed by atoms with Crippen LogP contribution in [0.4, 0.5) is 4.79 Å². The molecule has 2 atom stereocenters. The first kappa shape index (κ1) is 34.1. The molecule has 2 aromatic carbocycles. The van der Waals surface area contributed by atoms with Crippen LogP contribution in [-0.2, 0) is 26.1 Å². The molecule has 258 valence electrons. The Labute approximate surface area is 283 Å². The monoisotopic (exact) mass is 676 g/mol. The Morgan fingerprint density at radius 1 is 1.04 bits per heavy atom. The van der Waals surface area contributed by atoms with Crippen LogP contribution in [0.3, 0.4) is 0 Å². The van der Waals surface area contributed by atoms with Crippen LogP contribution in [0.1, 0.15) is 56.1 Å². The topological polar surface area (TPSA) is 125 Å². The molecule has 0 radical (unpaired) electrons. The zero-order valence-electron chi connectivity index (χ0n) is 28.1. The third-order valence-corrected chi connectivity index (χ3v) is 11.8. The Kier molecular flexibility index (Phi) is 10.5. The van der Waals surface area contributed by atoms with Gasteiger partial charge in [-0.2, -0.15) is 0 Å². The lowest BCUT2D eigenvalue weighted by Gasteiger charge is -2.33. The van der Waals surface area contributed by atoms with Gasteiger partial charge in [0.25, 0.3) is 10.0 Å². The Bertz CT molecular complexity index is 1730. The van der Waals surface area contributed by atoms with E-state index in [1.807, 2.05) is 37.4 Å². The van der Waals surface area contributed by atoms with E-state index in [-0.39, 0.29) is 16.8 Å². The highest BCUT2D eigenvalue weighted by atomic mass is 32.2. The summed E-state index contributed by atoms with van der Waals surface area (Å²) in [6.07, 6.45) is 10.5. The summed E-state index contributed by atoms with van der Waals surface area (Å²) in [5.74, 6) is 0.202. The van der Waals surface area contributed by atoms with Gasteiger partial charge in [-0.05, 0) is 49.4 Å². The van der Waals surface area contributed by atoms with Gasteiger partial charge in [0.2, 0.25) is 5.91 Å². The number of hydrogen-bond donors (Lipinski definition) is 2. The molecule has 6 rings (SSSR count). The Morgan fingerprint density at radius 3 is 2.50 bits per heavy atom. The summed E-state index contributed by atoms with van der Waals surface area (Å²) < 4.78 is 34.3. The number of amides is 3. The van der Waals surface area contributed by atoms with Crippen LogP contribution >= 0.6 is 0 Å². The van der Waals surface area contributed by atoms with Crippen molar-refractivity contribution in [3.8, 4) is 0 Å². The highest BCUT2D eigenvalue weighted by molar-refractivity contribution is 7.90. The number of urea groups is 1. The van der Waals surface area contributed by atoms with Crippen LogP contribution in [0.15, 0.2) is 64.6 Å². The van der Waals surface area contributed by atoms with E-state index >= 15 is 0 Å². The summed E-state index contributed by atoms with van der Waals surface area (Å²) in [4.78, 5) is 35.9. The van der Waals surface area contributed by atoms with Crippen molar-refractivity contribution in [2.24, 2.45) is 10.9 Å². The van der Waals surface area contributed by atoms with Gasteiger partial charge in [-0.1, -0.05) is 68.0 Å². The molecule has 0 spiro atoms. The first-order valence-corrected chi connectivity index (χ1v) is 18.6. The number of morpholine rings is 1. The second kappa shape index (κ2) is 14.8. The third kappa shape index (κ3) is 7.61. The minimum Gasteiger partial charge on any atom is -0.378 e. The normalized spacial score (nSPS) is 21.9. The third-order valence-electron chi connectivity index (χ3n) is 10.1. The predicted octanol–water partition coefficient (Wildman–Crippen LogP) is 4.33. The molecule has 1 aromatic heterocycles. The van der Waals surface area contributed by atoms with Gasteiger partial charge < -0.3 is 20.3 Å². The van der Waals surface area contributed by atoms with Crippen molar-refractivity contribution in [2.75, 3.05) is 46.4 Å². The van der Waals surface area contributed by atoms with E-state index < -0.39 is 21.6 Å². The molecule has 2 N–H and O–H groups in total. The number of nitrogens with one attached hydrogen (secondary N) is 2. The van der Waals surface area contributed by atoms with Crippen molar-refractivity contribution in [1.29, 1.82) is 0 Å². The van der Waals surface area contributed by atoms with Crippen molar-refractivity contribution < 1.29 is 22.7 Å². The molecule has 12 heteroatoms. The number of likely N-dealkylation sites (tertiary alicyclic amines) is 1. The number of rotatable bonds is 10. The molecular weight excluding hydrogens is 628 g/mol. The number of benzene rings is 2. The molecule has 2 unspecified atom stereocenters. The maximum Gasteiger partial charge on any atom is 0.318 e. The van der Waals surface area contributed by atoms with Crippen LogP contribution in [0.25, 0.3) is 10.9 Å². The van der Waals surface area contributed by atoms with E-state index in [0.29, 0.717) is 70.2 Å². The predicted molar refractivity (Wildman–Crippen MR) is 187 cm³/mol. The number of aliphatic imine (C=N–C) groups is 1. The fraction of sp³-hybridized carbons (Fsp3) is 0.528. The van der Waals surface area contributed by atoms with E-state index in [1.165, 1.54) is 10.4 Å². The lowest BCUT2D eigenvalue weighted by Crippen LogP contribution is -2.59. The van der Waals surface area contributed by atoms with Gasteiger partial charge in [0, 0.05) is 57.6 Å². The van der Waals surface area contributed by atoms with Gasteiger partial charge in [-0.15, -0.1) is 0 Å². The maximum absolute atomic E-state index is 14.1. The summed E-state index contributed by atoms with van der Waals surface area (Å²) in [6, 6.07) is 13.6. The summed E-state index contributed by atoms with van der Waals surface area (Å²) in [6.45, 7) is 5.63. The number of aromatic nitrogens is 1. The van der Waals surface area contributed by atoms with Gasteiger partial charge in [-0.3, -0.25) is 14.7 Å². The minimum absolute atomic E-state index is 0.190. The number of nitrogens with zero attached hydrogens (tertiary/aromatic N) is 4. The second-order valence-corrected chi connectivity index (χ2v) is 15.4. The largest absolute Gasteiger partial charge is 0.378 e. The fourth-order valence-corrected chi connectivity index (χ4v) is 8.86. The molecule has 48 heavy (non-hydrogen) atoms. The van der Waals surface area contributed by atoms with Crippen molar-refractivity contribution in [3.63, 3.8) is 0 Å². The quantitative estimate of drug-likeness (QED) is 0.308. The Morgan fingerprint density at radius 2 is 1.77 bits per heavy atom. The molecule has 0 bridgehead atoms. The van der Waals surface area contributed by atoms with Crippen molar-refractivity contribution in [1.82, 2.24) is 24.4 Å². The maximum atomic E-state index is 14.1. The molecule has 3 fully saturated rings. The van der Waals surface area contributed by atoms with Crippen LogP contribution in [0.5, 0.6) is 0 Å². The number of para-hydroxylation sites is 1. The highest BCUT2D eigenvalue weighted by Crippen LogP contribution is 2.31. The molecule has 11 nitrogen and oxygen atoms in total. The first-order chi connectivity index (χ1) is 23.2. The zero-order valence-corrected chi connectivity index (χ0v) is 28.9. The van der Waals surface area contributed by atoms with Crippen molar-refractivity contribution >= 4 is 39.1 Å². The fourth-order valence-electron chi connectivity index (χ4n) is 7.47. The molecular formula is C36H48N6O5S. The molecule has 2 aliphatic heterocycles. The number of aryl methyl sites for hydroxylation is 1. The Hall–Kier alpha value is -3.74. The lowest BCUT2D eigenvalue weighted by atomic mass is 9.84. The van der Waals surface area contributed by atoms with Crippen LogP contribution in [0.2, 0.25) is 0 Å². The summed E-state index contributed by atoms with van der Waals surface area (Å²) in [5, 5.41) is 7.26. The van der Waals surface area contributed by atoms with Crippen molar-refractivity contribution in [3.05, 3.63) is 65.9 Å². The molecule has 3 heterocycles. The molecule has 1 saturated carbocycles. The van der Waals surface area contributed by atoms with Crippen molar-refractivity contribution in [2.45, 2.75) is 74.9 Å². The van der Waals surface area contributed by atoms with Gasteiger partial charge in [0.05, 0.1) is 29.2 Å². The average Bonchev–Trinajstić information content (AvgIpc) is 3.67. The lowest BCUT2D eigenvalue weighted by molar-refractivity contribution is -0.124. The van der Waals surface area contributed by atoms with Gasteiger partial charge in [0.15, 0.2) is 0 Å². The summed E-state index contributed by atoms with van der Waals surface area (Å²) >= 11 is 0. The molecule has 3 aliphatic rings. The number of hydrogen-bond acceptors (Lipinski definition) is 7. The summed E-state index contributed by atoms with van der Waals surface area (Å²) in [5.41, 5.74) is 1.80. The van der Waals surface area contributed by atoms with E-state index in [9.17, 15) is 18.0 Å². The van der Waals surface area contributed by atoms with Gasteiger partial charge in [0.1, 0.15) is 6.04 Å². The van der Waals surface area contributed by atoms with Crippen LogP contribution in [-0.4, -0.2) is 98.4 Å². The number of carbonyl (C=O) groups is 2. The first-order valence-electron chi connectivity index (χ1n) is 17.2. The molecule has 3 amide bonds. The van der Waals surface area contributed by atoms with E-state index in [1.54, 1.807) is 42.4 Å². The molecule has 1 aliphatic carbocycles. The Balaban J connectivity index is 1.20. The smallest absolute Gasteiger partial charge is 0.318 e. The van der Waals surface area contributed by atoms with E-state index in [2.05, 4.69) is 20.5 Å². The minimum atomic E-state index is -3.81. The second-order valence-electron chi connectivity index (χ2n) is 13.6. The number of fused-ring (bicyclic) bond motifs is 1. The van der Waals surface area contributed by atoms with Gasteiger partial charge >= 0.3 is 6.03 Å². The van der Waals surface area contributed by atoms with Gasteiger partial charge in [-0.25, -0.2) is 17.2 Å². The van der Waals surface area contributed by atoms with Crippen LogP contribution < -0.4 is 10.6 Å². The number of ether oxygens (including phenoxy) is 1. The SMILES string of the molecule is CN=CC1(NC(=O)C(CC2CCCCC2)NC(=O)N2CCOCC2)CCN(Cc2cn(S(=O)(=O)c3ccc(C)cc3)c3ccccc23)C1. The molecule has 3 aromatic rings. The van der Waals surface area contributed by atoms with E-state index in [4.69, 9.17) is 4.74 Å². The molecule has 2 saturated heterocycles. The average molecular weight is 677 g/mol. The van der Waals surface area contributed by atoms with E-state index in [0.717, 1.165) is 42.2 Å². The highest BCUT2D eigenvalue weighted by Gasteiger charge is 2.40. The summed E-state index contributed by atoms with van der Waals surface area (Å²) in [7, 11) is -2.10. The zero-order chi connectivity index (χ0) is 33.7. The van der Waals surface area contributed by atoms with Crippen LogP contribution in [0, 0.1) is 12.8 Å².